The average Bonchev–Trinajstić information content (AvgIpc) is 2.39. The highest BCUT2D eigenvalue weighted by Gasteiger charge is 2.06. The van der Waals surface area contributed by atoms with Crippen molar-refractivity contribution < 1.29 is 13.7 Å². The van der Waals surface area contributed by atoms with Gasteiger partial charge in [0.2, 0.25) is 0 Å². The van der Waals surface area contributed by atoms with Gasteiger partial charge >= 0.3 is 0 Å². The lowest BCUT2D eigenvalue weighted by Gasteiger charge is -2.06. The zero-order valence-corrected chi connectivity index (χ0v) is 9.79. The number of nitro benzene ring substituents is 1. The Bertz CT molecular complexity index is 613. The number of rotatable bonds is 3. The molecule has 1 aromatic carbocycles. The van der Waals surface area contributed by atoms with E-state index in [0.29, 0.717) is 11.1 Å². The van der Waals surface area contributed by atoms with Crippen molar-refractivity contribution in [2.75, 3.05) is 0 Å². The Morgan fingerprint density at radius 2 is 1.78 bits per heavy atom. The summed E-state index contributed by atoms with van der Waals surface area (Å²) in [7, 11) is 0. The summed E-state index contributed by atoms with van der Waals surface area (Å²) >= 11 is -2.39. The molecule has 1 aromatic heterocycles. The zero-order valence-electron chi connectivity index (χ0n) is 8.98. The fourth-order valence-electron chi connectivity index (χ4n) is 1.46. The Labute approximate surface area is 105 Å². The van der Waals surface area contributed by atoms with Crippen LogP contribution in [0, 0.1) is 10.1 Å². The lowest BCUT2D eigenvalue weighted by atomic mass is 10.1. The van der Waals surface area contributed by atoms with Crippen LogP contribution in [0.15, 0.2) is 47.6 Å². The number of non-ortho nitro benzene ring substituents is 1. The van der Waals surface area contributed by atoms with E-state index in [1.165, 1.54) is 24.4 Å². The van der Waals surface area contributed by atoms with Crippen molar-refractivity contribution in [1.82, 2.24) is 4.98 Å². The number of benzene rings is 1. The van der Waals surface area contributed by atoms with Gasteiger partial charge in [-0.15, -0.1) is 0 Å². The van der Waals surface area contributed by atoms with Gasteiger partial charge in [0.05, 0.1) is 4.92 Å². The van der Waals surface area contributed by atoms with Gasteiger partial charge in [-0.2, -0.15) is 0 Å². The number of hydrogen-bond donors (Lipinski definition) is 0. The molecule has 18 heavy (non-hydrogen) atoms. The number of nitro groups is 1. The molecule has 0 spiro atoms. The summed E-state index contributed by atoms with van der Waals surface area (Å²) in [4.78, 5) is 13.7. The van der Waals surface area contributed by atoms with Crippen LogP contribution in [-0.2, 0) is 11.1 Å². The van der Waals surface area contributed by atoms with Crippen LogP contribution in [0.3, 0.4) is 0 Å². The van der Waals surface area contributed by atoms with Crippen LogP contribution in [0.5, 0.6) is 0 Å². The molecular formula is C11H7N2O4S-. The number of nitrogens with zero attached hydrogens (tertiary/aromatic N) is 2. The molecule has 0 aliphatic rings. The van der Waals surface area contributed by atoms with Gasteiger partial charge in [-0.25, -0.2) is 4.98 Å². The van der Waals surface area contributed by atoms with Crippen molar-refractivity contribution in [2.24, 2.45) is 0 Å². The number of aromatic nitrogens is 1. The molecular weight excluding hydrogens is 256 g/mol. The van der Waals surface area contributed by atoms with E-state index in [1.54, 1.807) is 18.2 Å². The predicted molar refractivity (Wildman–Crippen MR) is 63.5 cm³/mol. The Morgan fingerprint density at radius 3 is 2.33 bits per heavy atom. The highest BCUT2D eigenvalue weighted by molar-refractivity contribution is 7.79. The minimum Gasteiger partial charge on any atom is -0.767 e. The van der Waals surface area contributed by atoms with Crippen molar-refractivity contribution in [3.63, 3.8) is 0 Å². The van der Waals surface area contributed by atoms with Crippen LogP contribution < -0.4 is 0 Å². The standard InChI is InChI=1S/C11H8N2O4S/c14-13(15)10-3-1-8(2-4-10)9-5-6-12-11(7-9)18(16)17/h1-7H,(H,16,17)/p-1. The second-order valence-corrected chi connectivity index (χ2v) is 4.31. The Kier molecular flexibility index (Phi) is 3.45. The maximum absolute atomic E-state index is 10.8. The second-order valence-electron chi connectivity index (χ2n) is 3.42. The molecule has 7 heteroatoms. The van der Waals surface area contributed by atoms with E-state index < -0.39 is 16.0 Å². The van der Waals surface area contributed by atoms with E-state index in [0.717, 1.165) is 0 Å². The summed E-state index contributed by atoms with van der Waals surface area (Å²) in [6.45, 7) is 0. The molecule has 0 aliphatic heterocycles. The summed E-state index contributed by atoms with van der Waals surface area (Å²) in [6.07, 6.45) is 1.38. The first-order chi connectivity index (χ1) is 8.58. The third-order valence-corrected chi connectivity index (χ3v) is 2.88. The molecule has 0 saturated heterocycles. The highest BCUT2D eigenvalue weighted by Crippen LogP contribution is 2.22. The smallest absolute Gasteiger partial charge is 0.269 e. The minimum atomic E-state index is -2.39. The lowest BCUT2D eigenvalue weighted by Crippen LogP contribution is -1.93. The lowest BCUT2D eigenvalue weighted by molar-refractivity contribution is -0.384. The quantitative estimate of drug-likeness (QED) is 0.478. The minimum absolute atomic E-state index is 0.0135. The largest absolute Gasteiger partial charge is 0.767 e. The topological polar surface area (TPSA) is 96.2 Å². The van der Waals surface area contributed by atoms with Crippen LogP contribution in [0.25, 0.3) is 11.1 Å². The van der Waals surface area contributed by atoms with E-state index in [4.69, 9.17) is 0 Å². The molecule has 92 valence electrons. The van der Waals surface area contributed by atoms with Crippen molar-refractivity contribution in [3.05, 3.63) is 52.7 Å². The van der Waals surface area contributed by atoms with Gasteiger partial charge in [0.15, 0.2) is 0 Å². The van der Waals surface area contributed by atoms with Gasteiger partial charge in [0.25, 0.3) is 5.69 Å². The normalized spacial score (nSPS) is 12.1. The van der Waals surface area contributed by atoms with Crippen LogP contribution in [0.4, 0.5) is 5.69 Å². The van der Waals surface area contributed by atoms with E-state index >= 15 is 0 Å². The third kappa shape index (κ3) is 2.58. The molecule has 0 saturated carbocycles. The molecule has 0 aliphatic carbocycles. The summed E-state index contributed by atoms with van der Waals surface area (Å²) < 4.78 is 21.6. The fourth-order valence-corrected chi connectivity index (χ4v) is 1.83. The maximum Gasteiger partial charge on any atom is 0.269 e. The second kappa shape index (κ2) is 5.03. The molecule has 1 unspecified atom stereocenters. The Balaban J connectivity index is 2.39. The molecule has 0 radical (unpaired) electrons. The highest BCUT2D eigenvalue weighted by atomic mass is 32.2. The van der Waals surface area contributed by atoms with Crippen molar-refractivity contribution in [2.45, 2.75) is 5.03 Å². The Morgan fingerprint density at radius 1 is 1.11 bits per heavy atom. The van der Waals surface area contributed by atoms with Gasteiger partial charge in [-0.1, -0.05) is 0 Å². The first kappa shape index (κ1) is 12.3. The third-order valence-electron chi connectivity index (χ3n) is 2.32. The first-order valence-corrected chi connectivity index (χ1v) is 5.95. The van der Waals surface area contributed by atoms with Crippen LogP contribution in [0.1, 0.15) is 0 Å². The number of hydrogen-bond acceptors (Lipinski definition) is 5. The van der Waals surface area contributed by atoms with Crippen molar-refractivity contribution >= 4 is 16.8 Å². The molecule has 6 nitrogen and oxygen atoms in total. The molecule has 1 atom stereocenters. The maximum atomic E-state index is 10.8. The van der Waals surface area contributed by atoms with E-state index in [-0.39, 0.29) is 10.7 Å². The molecule has 2 rings (SSSR count). The van der Waals surface area contributed by atoms with Gasteiger partial charge in [0, 0.05) is 18.3 Å². The first-order valence-electron chi connectivity index (χ1n) is 4.88. The number of pyridine rings is 1. The fraction of sp³-hybridized carbons (Fsp3) is 0. The average molecular weight is 263 g/mol. The molecule has 1 heterocycles. The van der Waals surface area contributed by atoms with Gasteiger partial charge < -0.3 is 4.55 Å². The Hall–Kier alpha value is -2.12. The SMILES string of the molecule is O=[N+]([O-])c1ccc(-c2ccnc(S(=O)[O-])c2)cc1. The zero-order chi connectivity index (χ0) is 13.1. The van der Waals surface area contributed by atoms with Crippen molar-refractivity contribution in [1.29, 1.82) is 0 Å². The molecule has 2 aromatic rings. The molecule has 0 fully saturated rings. The van der Waals surface area contributed by atoms with Crippen LogP contribution in [-0.4, -0.2) is 18.7 Å². The van der Waals surface area contributed by atoms with E-state index in [2.05, 4.69) is 4.98 Å². The van der Waals surface area contributed by atoms with Gasteiger partial charge in [0.1, 0.15) is 5.03 Å². The summed E-state index contributed by atoms with van der Waals surface area (Å²) in [5.74, 6) is 0. The summed E-state index contributed by atoms with van der Waals surface area (Å²) in [5, 5.41) is 10.4. The monoisotopic (exact) mass is 263 g/mol. The van der Waals surface area contributed by atoms with Crippen molar-refractivity contribution in [3.8, 4) is 11.1 Å². The predicted octanol–water partition coefficient (Wildman–Crippen LogP) is 1.89. The molecule has 0 amide bonds. The summed E-state index contributed by atoms with van der Waals surface area (Å²) in [5.41, 5.74) is 1.31. The van der Waals surface area contributed by atoms with Crippen LogP contribution >= 0.6 is 0 Å². The molecule has 0 bridgehead atoms. The summed E-state index contributed by atoms with van der Waals surface area (Å²) in [6, 6.07) is 8.89. The van der Waals surface area contributed by atoms with Crippen LogP contribution in [0.2, 0.25) is 0 Å². The van der Waals surface area contributed by atoms with Gasteiger partial charge in [-0.05, 0) is 46.5 Å². The van der Waals surface area contributed by atoms with E-state index in [1.807, 2.05) is 0 Å². The molecule has 0 N–H and O–H groups in total. The van der Waals surface area contributed by atoms with Gasteiger partial charge in [-0.3, -0.25) is 14.3 Å². The van der Waals surface area contributed by atoms with E-state index in [9.17, 15) is 18.9 Å².